The minimum absolute atomic E-state index is 0.0714. The summed E-state index contributed by atoms with van der Waals surface area (Å²) in [5.74, 6) is 1.08. The van der Waals surface area contributed by atoms with Gasteiger partial charge in [0, 0.05) is 5.56 Å². The molecule has 2 aliphatic heterocycles. The largest absolute Gasteiger partial charge is 0.497 e. The number of benzene rings is 1. The molecule has 3 rings (SSSR count). The maximum Gasteiger partial charge on any atom is 0.168 e. The summed E-state index contributed by atoms with van der Waals surface area (Å²) in [5.41, 5.74) is 0.770. The fourth-order valence-electron chi connectivity index (χ4n) is 2.88. The highest BCUT2D eigenvalue weighted by atomic mass is 16.5. The Labute approximate surface area is 101 Å². The highest BCUT2D eigenvalue weighted by Gasteiger charge is 2.44. The van der Waals surface area contributed by atoms with Crippen molar-refractivity contribution in [1.82, 2.24) is 0 Å². The number of methoxy groups -OCH3 is 1. The number of fused-ring (bicyclic) bond motifs is 2. The number of Topliss-reactive ketones (excluding diaryl/α,β-unsaturated/α-hetero) is 1. The molecule has 3 heteroatoms. The van der Waals surface area contributed by atoms with Crippen molar-refractivity contribution in [2.75, 3.05) is 7.11 Å². The zero-order valence-corrected chi connectivity index (χ0v) is 9.89. The monoisotopic (exact) mass is 232 g/mol. The van der Waals surface area contributed by atoms with E-state index in [1.165, 1.54) is 0 Å². The molecule has 0 radical (unpaired) electrons. The average Bonchev–Trinajstić information content (AvgIpc) is 3.00. The third-order valence-corrected chi connectivity index (χ3v) is 3.82. The van der Waals surface area contributed by atoms with E-state index in [-0.39, 0.29) is 17.8 Å². The molecule has 0 spiro atoms. The lowest BCUT2D eigenvalue weighted by Gasteiger charge is -2.17. The van der Waals surface area contributed by atoms with Crippen molar-refractivity contribution in [2.45, 2.75) is 31.5 Å². The molecule has 2 heterocycles. The van der Waals surface area contributed by atoms with Crippen LogP contribution in [0.1, 0.15) is 29.6 Å². The van der Waals surface area contributed by atoms with Crippen molar-refractivity contribution in [3.63, 3.8) is 0 Å². The lowest BCUT2D eigenvalue weighted by Crippen LogP contribution is -2.25. The van der Waals surface area contributed by atoms with E-state index in [9.17, 15) is 4.79 Å². The van der Waals surface area contributed by atoms with E-state index in [1.807, 2.05) is 24.3 Å². The van der Waals surface area contributed by atoms with Crippen LogP contribution in [-0.2, 0) is 4.74 Å². The van der Waals surface area contributed by atoms with Gasteiger partial charge < -0.3 is 9.47 Å². The Morgan fingerprint density at radius 2 is 2.06 bits per heavy atom. The summed E-state index contributed by atoms with van der Waals surface area (Å²) in [6, 6.07) is 7.35. The Bertz CT molecular complexity index is 424. The second kappa shape index (κ2) is 4.15. The molecule has 1 aromatic rings. The highest BCUT2D eigenvalue weighted by molar-refractivity contribution is 5.98. The van der Waals surface area contributed by atoms with E-state index in [4.69, 9.17) is 9.47 Å². The van der Waals surface area contributed by atoms with Crippen molar-refractivity contribution < 1.29 is 14.3 Å². The van der Waals surface area contributed by atoms with Gasteiger partial charge in [-0.1, -0.05) is 0 Å². The van der Waals surface area contributed by atoms with Crippen LogP contribution in [0.25, 0.3) is 0 Å². The Morgan fingerprint density at radius 3 is 2.59 bits per heavy atom. The summed E-state index contributed by atoms with van der Waals surface area (Å²) in [5, 5.41) is 0. The van der Waals surface area contributed by atoms with Crippen molar-refractivity contribution in [2.24, 2.45) is 5.92 Å². The SMILES string of the molecule is COc1ccc(C(=O)C2CC3CCC2O3)cc1. The summed E-state index contributed by atoms with van der Waals surface area (Å²) in [7, 11) is 1.63. The van der Waals surface area contributed by atoms with E-state index >= 15 is 0 Å². The average molecular weight is 232 g/mol. The van der Waals surface area contributed by atoms with Gasteiger partial charge in [0.2, 0.25) is 0 Å². The number of rotatable bonds is 3. The van der Waals surface area contributed by atoms with Gasteiger partial charge in [-0.15, -0.1) is 0 Å². The standard InChI is InChI=1S/C14H16O3/c1-16-10-4-2-9(3-5-10)14(15)12-8-11-6-7-13(12)17-11/h2-5,11-13H,6-8H2,1H3. The molecule has 2 fully saturated rings. The number of carbonyl (C=O) groups excluding carboxylic acids is 1. The molecule has 0 saturated carbocycles. The third-order valence-electron chi connectivity index (χ3n) is 3.82. The molecule has 0 amide bonds. The molecule has 2 aliphatic rings. The minimum Gasteiger partial charge on any atom is -0.497 e. The lowest BCUT2D eigenvalue weighted by atomic mass is 9.84. The van der Waals surface area contributed by atoms with Gasteiger partial charge in [-0.05, 0) is 43.5 Å². The normalized spacial score (nSPS) is 30.5. The summed E-state index contributed by atoms with van der Waals surface area (Å²) >= 11 is 0. The summed E-state index contributed by atoms with van der Waals surface area (Å²) < 4.78 is 10.8. The Hall–Kier alpha value is -1.35. The van der Waals surface area contributed by atoms with Crippen LogP contribution < -0.4 is 4.74 Å². The van der Waals surface area contributed by atoms with Gasteiger partial charge in [0.15, 0.2) is 5.78 Å². The van der Waals surface area contributed by atoms with E-state index in [0.717, 1.165) is 30.6 Å². The van der Waals surface area contributed by atoms with E-state index in [1.54, 1.807) is 7.11 Å². The second-order valence-electron chi connectivity index (χ2n) is 4.81. The molecule has 90 valence electrons. The van der Waals surface area contributed by atoms with Gasteiger partial charge >= 0.3 is 0 Å². The number of hydrogen-bond acceptors (Lipinski definition) is 3. The van der Waals surface area contributed by atoms with Crippen molar-refractivity contribution in [3.8, 4) is 5.75 Å². The van der Waals surface area contributed by atoms with Gasteiger partial charge in [-0.3, -0.25) is 4.79 Å². The smallest absolute Gasteiger partial charge is 0.168 e. The number of ketones is 1. The molecule has 2 saturated heterocycles. The number of carbonyl (C=O) groups is 1. The molecule has 0 aromatic heterocycles. The van der Waals surface area contributed by atoms with Gasteiger partial charge in [-0.25, -0.2) is 0 Å². The maximum absolute atomic E-state index is 12.3. The maximum atomic E-state index is 12.3. The van der Waals surface area contributed by atoms with Crippen LogP contribution >= 0.6 is 0 Å². The molecule has 1 aromatic carbocycles. The van der Waals surface area contributed by atoms with E-state index < -0.39 is 0 Å². The predicted molar refractivity (Wildman–Crippen MR) is 63.3 cm³/mol. The summed E-state index contributed by atoms with van der Waals surface area (Å²) in [4.78, 5) is 12.3. The van der Waals surface area contributed by atoms with Crippen LogP contribution in [0.4, 0.5) is 0 Å². The topological polar surface area (TPSA) is 35.5 Å². The molecule has 0 N–H and O–H groups in total. The van der Waals surface area contributed by atoms with Gasteiger partial charge in [-0.2, -0.15) is 0 Å². The van der Waals surface area contributed by atoms with Crippen molar-refractivity contribution >= 4 is 5.78 Å². The first kappa shape index (κ1) is 10.8. The van der Waals surface area contributed by atoms with Crippen LogP contribution in [0.2, 0.25) is 0 Å². The van der Waals surface area contributed by atoms with Gasteiger partial charge in [0.05, 0.1) is 25.2 Å². The zero-order valence-electron chi connectivity index (χ0n) is 9.89. The fraction of sp³-hybridized carbons (Fsp3) is 0.500. The van der Waals surface area contributed by atoms with Crippen LogP contribution in [0.5, 0.6) is 5.75 Å². The lowest BCUT2D eigenvalue weighted by molar-refractivity contribution is 0.0743. The summed E-state index contributed by atoms with van der Waals surface area (Å²) in [6.45, 7) is 0. The molecular weight excluding hydrogens is 216 g/mol. The second-order valence-corrected chi connectivity index (χ2v) is 4.81. The van der Waals surface area contributed by atoms with Crippen molar-refractivity contribution in [1.29, 1.82) is 0 Å². The molecule has 3 unspecified atom stereocenters. The Kier molecular flexibility index (Phi) is 2.63. The first-order chi connectivity index (χ1) is 8.28. The molecule has 3 atom stereocenters. The predicted octanol–water partition coefficient (Wildman–Crippen LogP) is 2.45. The number of ether oxygens (including phenoxy) is 2. The van der Waals surface area contributed by atoms with E-state index in [2.05, 4.69) is 0 Å². The van der Waals surface area contributed by atoms with Crippen LogP contribution in [0.3, 0.4) is 0 Å². The van der Waals surface area contributed by atoms with E-state index in [0.29, 0.717) is 6.10 Å². The van der Waals surface area contributed by atoms with Crippen LogP contribution in [-0.4, -0.2) is 25.1 Å². The van der Waals surface area contributed by atoms with Crippen molar-refractivity contribution in [3.05, 3.63) is 29.8 Å². The highest BCUT2D eigenvalue weighted by Crippen LogP contribution is 2.40. The quantitative estimate of drug-likeness (QED) is 0.751. The van der Waals surface area contributed by atoms with Gasteiger partial charge in [0.25, 0.3) is 0 Å². The first-order valence-corrected chi connectivity index (χ1v) is 6.11. The minimum atomic E-state index is 0.0714. The third kappa shape index (κ3) is 1.84. The Morgan fingerprint density at radius 1 is 1.29 bits per heavy atom. The molecule has 3 nitrogen and oxygen atoms in total. The molecular formula is C14H16O3. The molecule has 17 heavy (non-hydrogen) atoms. The molecule has 2 bridgehead atoms. The zero-order chi connectivity index (χ0) is 11.8. The van der Waals surface area contributed by atoms with Crippen LogP contribution in [0, 0.1) is 5.92 Å². The number of hydrogen-bond donors (Lipinski definition) is 0. The van der Waals surface area contributed by atoms with Crippen LogP contribution in [0.15, 0.2) is 24.3 Å². The first-order valence-electron chi connectivity index (χ1n) is 6.11. The Balaban J connectivity index is 1.77. The molecule has 0 aliphatic carbocycles. The summed E-state index contributed by atoms with van der Waals surface area (Å²) in [6.07, 6.45) is 3.55. The van der Waals surface area contributed by atoms with Gasteiger partial charge in [0.1, 0.15) is 5.75 Å². The fourth-order valence-corrected chi connectivity index (χ4v) is 2.88.